The summed E-state index contributed by atoms with van der Waals surface area (Å²) in [5.41, 5.74) is 1.23. The summed E-state index contributed by atoms with van der Waals surface area (Å²) in [7, 11) is 3.85. The van der Waals surface area contributed by atoms with Gasteiger partial charge in [0.05, 0.1) is 11.0 Å². The van der Waals surface area contributed by atoms with E-state index in [0.29, 0.717) is 13.1 Å². The van der Waals surface area contributed by atoms with Crippen molar-refractivity contribution in [3.05, 3.63) is 24.3 Å². The molecule has 1 aromatic heterocycles. The molecule has 1 atom stereocenters. The average Bonchev–Trinajstić information content (AvgIpc) is 3.08. The van der Waals surface area contributed by atoms with Crippen LogP contribution in [0, 0.1) is 0 Å². The molecule has 2 heterocycles. The molecule has 0 unspecified atom stereocenters. The van der Waals surface area contributed by atoms with Crippen LogP contribution < -0.4 is 10.2 Å². The van der Waals surface area contributed by atoms with Crippen molar-refractivity contribution in [1.29, 1.82) is 0 Å². The highest BCUT2D eigenvalue weighted by atomic mass is 16.6. The van der Waals surface area contributed by atoms with E-state index in [1.807, 2.05) is 59.1 Å². The number of para-hydroxylation sites is 2. The molecular formula is C19H27N5O2. The predicted octanol–water partition coefficient (Wildman–Crippen LogP) is 3.12. The second kappa shape index (κ2) is 6.97. The number of nitrogens with zero attached hydrogens (tertiary/aromatic N) is 4. The van der Waals surface area contributed by atoms with Gasteiger partial charge in [0.25, 0.3) is 0 Å². The molecule has 0 spiro atoms. The predicted molar refractivity (Wildman–Crippen MR) is 104 cm³/mol. The van der Waals surface area contributed by atoms with E-state index in [9.17, 15) is 4.79 Å². The second-order valence-corrected chi connectivity index (χ2v) is 7.61. The molecular weight excluding hydrogens is 330 g/mol. The number of fused-ring (bicyclic) bond motifs is 1. The molecule has 1 aromatic carbocycles. The number of nitrogens with one attached hydrogen (secondary N) is 1. The number of likely N-dealkylation sites (N-methyl/N-ethyl adjacent to an activating group) is 1. The molecule has 140 valence electrons. The van der Waals surface area contributed by atoms with Gasteiger partial charge in [-0.05, 0) is 39.3 Å². The van der Waals surface area contributed by atoms with Crippen molar-refractivity contribution >= 4 is 28.8 Å². The van der Waals surface area contributed by atoms with E-state index >= 15 is 0 Å². The molecule has 1 fully saturated rings. The third kappa shape index (κ3) is 3.81. The first-order valence-electron chi connectivity index (χ1n) is 8.94. The number of carbonyl (C=O) groups excluding carboxylic acids is 1. The fourth-order valence-corrected chi connectivity index (χ4v) is 3.13. The van der Waals surface area contributed by atoms with Crippen LogP contribution in [0.3, 0.4) is 0 Å². The fraction of sp³-hybridized carbons (Fsp3) is 0.526. The van der Waals surface area contributed by atoms with Crippen molar-refractivity contribution in [2.45, 2.75) is 38.8 Å². The Hall–Kier alpha value is -2.57. The normalized spacial score (nSPS) is 17.4. The Morgan fingerprint density at radius 1 is 1.27 bits per heavy atom. The van der Waals surface area contributed by atoms with Crippen molar-refractivity contribution in [3.63, 3.8) is 0 Å². The summed E-state index contributed by atoms with van der Waals surface area (Å²) in [5.74, 6) is 1.53. The number of rotatable bonds is 3. The molecule has 2 aromatic rings. The summed E-state index contributed by atoms with van der Waals surface area (Å²) in [4.78, 5) is 25.6. The maximum absolute atomic E-state index is 12.3. The molecule has 7 nitrogen and oxygen atoms in total. The van der Waals surface area contributed by atoms with Gasteiger partial charge in [0.2, 0.25) is 0 Å². The van der Waals surface area contributed by atoms with E-state index in [4.69, 9.17) is 9.72 Å². The SMILES string of the molecule is CNc1nc2ccccc2nc1N(C)[C@@H]1CCN(C(=O)OC(C)(C)C)C1. The molecule has 7 heteroatoms. The minimum atomic E-state index is -0.482. The molecule has 26 heavy (non-hydrogen) atoms. The number of aromatic nitrogens is 2. The number of ether oxygens (including phenoxy) is 1. The summed E-state index contributed by atoms with van der Waals surface area (Å²) in [6.07, 6.45) is 0.611. The molecule has 1 aliphatic rings. The first kappa shape index (κ1) is 18.2. The lowest BCUT2D eigenvalue weighted by Crippen LogP contribution is -2.39. The summed E-state index contributed by atoms with van der Waals surface area (Å²) < 4.78 is 5.49. The summed E-state index contributed by atoms with van der Waals surface area (Å²) >= 11 is 0. The van der Waals surface area contributed by atoms with Gasteiger partial charge in [0, 0.05) is 33.2 Å². The Kier molecular flexibility index (Phi) is 4.89. The lowest BCUT2D eigenvalue weighted by molar-refractivity contribution is 0.0292. The summed E-state index contributed by atoms with van der Waals surface area (Å²) in [5, 5.41) is 3.14. The van der Waals surface area contributed by atoms with Gasteiger partial charge < -0.3 is 19.9 Å². The molecule has 1 aliphatic heterocycles. The molecule has 1 amide bonds. The van der Waals surface area contributed by atoms with Crippen LogP contribution in [0.5, 0.6) is 0 Å². The smallest absolute Gasteiger partial charge is 0.410 e. The van der Waals surface area contributed by atoms with Gasteiger partial charge >= 0.3 is 6.09 Å². The number of hydrogen-bond acceptors (Lipinski definition) is 6. The molecule has 0 saturated carbocycles. The molecule has 3 rings (SSSR count). The first-order valence-corrected chi connectivity index (χ1v) is 8.94. The van der Waals surface area contributed by atoms with Crippen LogP contribution in [0.15, 0.2) is 24.3 Å². The lowest BCUT2D eigenvalue weighted by atomic mass is 10.2. The van der Waals surface area contributed by atoms with E-state index in [1.54, 1.807) is 4.90 Å². The highest BCUT2D eigenvalue weighted by molar-refractivity contribution is 5.80. The van der Waals surface area contributed by atoms with Crippen LogP contribution in [-0.4, -0.2) is 59.8 Å². The number of likely N-dealkylation sites (tertiary alicyclic amines) is 1. The lowest BCUT2D eigenvalue weighted by Gasteiger charge is -2.28. The zero-order chi connectivity index (χ0) is 18.9. The topological polar surface area (TPSA) is 70.6 Å². The minimum absolute atomic E-state index is 0.171. The Morgan fingerprint density at radius 2 is 1.92 bits per heavy atom. The first-order chi connectivity index (χ1) is 12.3. The highest BCUT2D eigenvalue weighted by Gasteiger charge is 2.33. The van der Waals surface area contributed by atoms with Gasteiger partial charge in [-0.3, -0.25) is 0 Å². The van der Waals surface area contributed by atoms with Crippen LogP contribution in [0.1, 0.15) is 27.2 Å². The second-order valence-electron chi connectivity index (χ2n) is 7.61. The number of amides is 1. The minimum Gasteiger partial charge on any atom is -0.444 e. The third-order valence-electron chi connectivity index (χ3n) is 4.49. The quantitative estimate of drug-likeness (QED) is 0.910. The largest absolute Gasteiger partial charge is 0.444 e. The summed E-state index contributed by atoms with van der Waals surface area (Å²) in [6.45, 7) is 6.94. The molecule has 0 bridgehead atoms. The van der Waals surface area contributed by atoms with E-state index in [-0.39, 0.29) is 12.1 Å². The van der Waals surface area contributed by atoms with Crippen LogP contribution in [-0.2, 0) is 4.74 Å². The van der Waals surface area contributed by atoms with Gasteiger partial charge in [0.1, 0.15) is 5.60 Å². The zero-order valence-corrected chi connectivity index (χ0v) is 16.1. The maximum Gasteiger partial charge on any atom is 0.410 e. The molecule has 1 saturated heterocycles. The third-order valence-corrected chi connectivity index (χ3v) is 4.49. The zero-order valence-electron chi connectivity index (χ0n) is 16.1. The maximum atomic E-state index is 12.3. The van der Waals surface area contributed by atoms with Crippen LogP contribution in [0.4, 0.5) is 16.4 Å². The molecule has 0 radical (unpaired) electrons. The summed E-state index contributed by atoms with van der Waals surface area (Å²) in [6, 6.07) is 7.99. The van der Waals surface area contributed by atoms with Gasteiger partial charge in [-0.15, -0.1) is 0 Å². The molecule has 0 aliphatic carbocycles. The molecule has 1 N–H and O–H groups in total. The van der Waals surface area contributed by atoms with Crippen molar-refractivity contribution < 1.29 is 9.53 Å². The average molecular weight is 357 g/mol. The van der Waals surface area contributed by atoms with Gasteiger partial charge in [-0.25, -0.2) is 14.8 Å². The number of benzene rings is 1. The Morgan fingerprint density at radius 3 is 2.54 bits per heavy atom. The van der Waals surface area contributed by atoms with E-state index in [0.717, 1.165) is 29.1 Å². The number of hydrogen-bond donors (Lipinski definition) is 1. The van der Waals surface area contributed by atoms with Gasteiger partial charge in [-0.2, -0.15) is 0 Å². The standard InChI is InChI=1S/C19H27N5O2/c1-19(2,3)26-18(25)24-11-10-13(12-24)23(5)17-16(20-4)21-14-8-6-7-9-15(14)22-17/h6-9,13H,10-12H2,1-5H3,(H,20,21)/t13-/m1/s1. The van der Waals surface area contributed by atoms with Crippen LogP contribution >= 0.6 is 0 Å². The van der Waals surface area contributed by atoms with Crippen molar-refractivity contribution in [3.8, 4) is 0 Å². The van der Waals surface area contributed by atoms with Gasteiger partial charge in [0.15, 0.2) is 11.6 Å². The van der Waals surface area contributed by atoms with Crippen molar-refractivity contribution in [2.24, 2.45) is 0 Å². The van der Waals surface area contributed by atoms with E-state index in [1.165, 1.54) is 0 Å². The van der Waals surface area contributed by atoms with Crippen molar-refractivity contribution in [2.75, 3.05) is 37.4 Å². The fourth-order valence-electron chi connectivity index (χ4n) is 3.13. The Bertz CT molecular complexity index is 802. The van der Waals surface area contributed by atoms with Crippen LogP contribution in [0.25, 0.3) is 11.0 Å². The van der Waals surface area contributed by atoms with E-state index < -0.39 is 5.60 Å². The van der Waals surface area contributed by atoms with Crippen molar-refractivity contribution in [1.82, 2.24) is 14.9 Å². The highest BCUT2D eigenvalue weighted by Crippen LogP contribution is 2.28. The monoisotopic (exact) mass is 357 g/mol. The van der Waals surface area contributed by atoms with Gasteiger partial charge in [-0.1, -0.05) is 12.1 Å². The van der Waals surface area contributed by atoms with E-state index in [2.05, 4.69) is 15.2 Å². The Balaban J connectivity index is 1.78. The van der Waals surface area contributed by atoms with Crippen LogP contribution in [0.2, 0.25) is 0 Å². The Labute approximate surface area is 154 Å². The number of carbonyl (C=O) groups is 1. The number of anilines is 2.